The van der Waals surface area contributed by atoms with Gasteiger partial charge in [-0.05, 0) is 31.0 Å². The molecule has 2 aromatic rings. The number of benzene rings is 1. The lowest BCUT2D eigenvalue weighted by atomic mass is 9.95. The Kier molecular flexibility index (Phi) is 3.40. The van der Waals surface area contributed by atoms with Crippen LogP contribution in [0, 0.1) is 13.8 Å². The van der Waals surface area contributed by atoms with E-state index in [1.54, 1.807) is 13.4 Å². The van der Waals surface area contributed by atoms with Gasteiger partial charge >= 0.3 is 0 Å². The second-order valence-corrected chi connectivity index (χ2v) is 5.23. The molecule has 0 fully saturated rings. The zero-order valence-corrected chi connectivity index (χ0v) is 12.2. The highest BCUT2D eigenvalue weighted by Crippen LogP contribution is 2.36. The monoisotopic (exact) mass is 269 g/mol. The lowest BCUT2D eigenvalue weighted by molar-refractivity contribution is 0.415. The molecule has 20 heavy (non-hydrogen) atoms. The zero-order valence-electron chi connectivity index (χ0n) is 12.2. The molecule has 3 rings (SSSR count). The Hall–Kier alpha value is -1.94. The molecule has 1 aromatic carbocycles. The summed E-state index contributed by atoms with van der Waals surface area (Å²) in [4.78, 5) is 8.95. The van der Waals surface area contributed by atoms with Gasteiger partial charge in [0, 0.05) is 30.6 Å². The predicted octanol–water partition coefficient (Wildman–Crippen LogP) is 2.41. The van der Waals surface area contributed by atoms with Crippen molar-refractivity contribution >= 4 is 0 Å². The summed E-state index contributed by atoms with van der Waals surface area (Å²) in [7, 11) is 1.71. The van der Waals surface area contributed by atoms with Crippen molar-refractivity contribution in [3.8, 4) is 17.0 Å². The highest BCUT2D eigenvalue weighted by atomic mass is 16.5. The summed E-state index contributed by atoms with van der Waals surface area (Å²) >= 11 is 0. The summed E-state index contributed by atoms with van der Waals surface area (Å²) in [5, 5.41) is 3.40. The molecule has 0 amide bonds. The van der Waals surface area contributed by atoms with E-state index in [4.69, 9.17) is 4.74 Å². The molecule has 1 aromatic heterocycles. The van der Waals surface area contributed by atoms with Crippen LogP contribution in [0.25, 0.3) is 11.3 Å². The van der Waals surface area contributed by atoms with Gasteiger partial charge in [0.15, 0.2) is 0 Å². The Morgan fingerprint density at radius 2 is 2.05 bits per heavy atom. The Morgan fingerprint density at radius 3 is 2.85 bits per heavy atom. The molecule has 2 heterocycles. The van der Waals surface area contributed by atoms with Crippen LogP contribution in [0.5, 0.6) is 5.75 Å². The fraction of sp³-hybridized carbons (Fsp3) is 0.375. The van der Waals surface area contributed by atoms with Gasteiger partial charge in [-0.2, -0.15) is 0 Å². The van der Waals surface area contributed by atoms with Gasteiger partial charge in [0.05, 0.1) is 18.5 Å². The van der Waals surface area contributed by atoms with Crippen LogP contribution in [-0.2, 0) is 13.0 Å². The van der Waals surface area contributed by atoms with Crippen molar-refractivity contribution in [1.82, 2.24) is 15.3 Å². The molecule has 1 aliphatic rings. The van der Waals surface area contributed by atoms with Crippen LogP contribution in [0.3, 0.4) is 0 Å². The molecule has 0 saturated carbocycles. The van der Waals surface area contributed by atoms with E-state index >= 15 is 0 Å². The largest absolute Gasteiger partial charge is 0.496 e. The van der Waals surface area contributed by atoms with Crippen molar-refractivity contribution in [1.29, 1.82) is 0 Å². The van der Waals surface area contributed by atoms with Crippen molar-refractivity contribution in [2.75, 3.05) is 13.7 Å². The quantitative estimate of drug-likeness (QED) is 0.909. The maximum absolute atomic E-state index is 5.57. The normalized spacial score (nSPS) is 13.9. The molecule has 4 heteroatoms. The highest BCUT2D eigenvalue weighted by Gasteiger charge is 2.20. The Bertz CT molecular complexity index is 652. The lowest BCUT2D eigenvalue weighted by Gasteiger charge is -2.21. The van der Waals surface area contributed by atoms with Crippen LogP contribution in [0.15, 0.2) is 18.5 Å². The van der Waals surface area contributed by atoms with Crippen LogP contribution in [0.2, 0.25) is 0 Å². The van der Waals surface area contributed by atoms with Crippen molar-refractivity contribution in [2.24, 2.45) is 0 Å². The molecule has 0 spiro atoms. The minimum atomic E-state index is 0.821. The third-order valence-electron chi connectivity index (χ3n) is 3.78. The SMILES string of the molecule is COc1cc(C)cc(C)c1-c1ncnc2c1CNCC2. The second kappa shape index (κ2) is 5.21. The minimum Gasteiger partial charge on any atom is -0.496 e. The number of hydrogen-bond acceptors (Lipinski definition) is 4. The van der Waals surface area contributed by atoms with E-state index in [0.717, 1.165) is 42.2 Å². The first-order valence-corrected chi connectivity index (χ1v) is 6.89. The van der Waals surface area contributed by atoms with E-state index in [0.29, 0.717) is 0 Å². The van der Waals surface area contributed by atoms with Crippen molar-refractivity contribution in [3.05, 3.63) is 40.8 Å². The van der Waals surface area contributed by atoms with Crippen LogP contribution < -0.4 is 10.1 Å². The maximum atomic E-state index is 5.57. The topological polar surface area (TPSA) is 47.0 Å². The van der Waals surface area contributed by atoms with Crippen molar-refractivity contribution in [3.63, 3.8) is 0 Å². The zero-order chi connectivity index (χ0) is 14.1. The summed E-state index contributed by atoms with van der Waals surface area (Å²) in [6.45, 7) is 5.99. The van der Waals surface area contributed by atoms with Gasteiger partial charge in [0.25, 0.3) is 0 Å². The first-order chi connectivity index (χ1) is 9.70. The molecule has 1 N–H and O–H groups in total. The number of aryl methyl sites for hydroxylation is 2. The summed E-state index contributed by atoms with van der Waals surface area (Å²) in [6.07, 6.45) is 2.62. The molecule has 4 nitrogen and oxygen atoms in total. The molecule has 0 saturated heterocycles. The average Bonchev–Trinajstić information content (AvgIpc) is 2.46. The smallest absolute Gasteiger partial charge is 0.128 e. The van der Waals surface area contributed by atoms with E-state index < -0.39 is 0 Å². The van der Waals surface area contributed by atoms with Crippen molar-refractivity contribution in [2.45, 2.75) is 26.8 Å². The molecular weight excluding hydrogens is 250 g/mol. The van der Waals surface area contributed by atoms with E-state index in [2.05, 4.69) is 41.3 Å². The highest BCUT2D eigenvalue weighted by molar-refractivity contribution is 5.74. The molecule has 0 bridgehead atoms. The van der Waals surface area contributed by atoms with Crippen LogP contribution >= 0.6 is 0 Å². The van der Waals surface area contributed by atoms with Crippen LogP contribution in [0.4, 0.5) is 0 Å². The number of fused-ring (bicyclic) bond motifs is 1. The first-order valence-electron chi connectivity index (χ1n) is 6.89. The van der Waals surface area contributed by atoms with Gasteiger partial charge in [0.2, 0.25) is 0 Å². The van der Waals surface area contributed by atoms with Gasteiger partial charge in [-0.1, -0.05) is 6.07 Å². The number of nitrogens with one attached hydrogen (secondary N) is 1. The lowest BCUT2D eigenvalue weighted by Crippen LogP contribution is -2.25. The third-order valence-corrected chi connectivity index (χ3v) is 3.78. The van der Waals surface area contributed by atoms with Gasteiger partial charge < -0.3 is 10.1 Å². The summed E-state index contributed by atoms with van der Waals surface area (Å²) in [6, 6.07) is 4.23. The van der Waals surface area contributed by atoms with E-state index in [9.17, 15) is 0 Å². The molecule has 0 atom stereocenters. The molecule has 0 radical (unpaired) electrons. The number of hydrogen-bond donors (Lipinski definition) is 1. The average molecular weight is 269 g/mol. The Balaban J connectivity index is 2.24. The predicted molar refractivity (Wildman–Crippen MR) is 78.9 cm³/mol. The minimum absolute atomic E-state index is 0.821. The third kappa shape index (κ3) is 2.16. The number of methoxy groups -OCH3 is 1. The number of ether oxygens (including phenoxy) is 1. The molecule has 104 valence electrons. The maximum Gasteiger partial charge on any atom is 0.128 e. The molecule has 1 aliphatic heterocycles. The van der Waals surface area contributed by atoms with E-state index in [-0.39, 0.29) is 0 Å². The van der Waals surface area contributed by atoms with Crippen molar-refractivity contribution < 1.29 is 4.74 Å². The molecule has 0 aliphatic carbocycles. The Morgan fingerprint density at radius 1 is 1.20 bits per heavy atom. The summed E-state index contributed by atoms with van der Waals surface area (Å²) in [5.74, 6) is 0.883. The van der Waals surface area contributed by atoms with Gasteiger partial charge in [-0.3, -0.25) is 0 Å². The van der Waals surface area contributed by atoms with E-state index in [1.807, 2.05) is 0 Å². The number of rotatable bonds is 2. The first kappa shape index (κ1) is 13.1. The second-order valence-electron chi connectivity index (χ2n) is 5.23. The van der Waals surface area contributed by atoms with Gasteiger partial charge in [-0.15, -0.1) is 0 Å². The molecular formula is C16H19N3O. The molecule has 0 unspecified atom stereocenters. The Labute approximate surface area is 119 Å². The number of nitrogens with zero attached hydrogens (tertiary/aromatic N) is 2. The fourth-order valence-corrected chi connectivity index (χ4v) is 2.88. The standard InChI is InChI=1S/C16H19N3O/c1-10-6-11(2)15(14(7-10)20-3)16-12-8-17-5-4-13(12)18-9-19-16/h6-7,9,17H,4-5,8H2,1-3H3. The van der Waals surface area contributed by atoms with Crippen LogP contribution in [0.1, 0.15) is 22.4 Å². The summed E-state index contributed by atoms with van der Waals surface area (Å²) < 4.78 is 5.57. The fourth-order valence-electron chi connectivity index (χ4n) is 2.88. The summed E-state index contributed by atoms with van der Waals surface area (Å²) in [5.41, 5.74) is 6.81. The van der Waals surface area contributed by atoms with E-state index in [1.165, 1.54) is 16.7 Å². The van der Waals surface area contributed by atoms with Crippen LogP contribution in [-0.4, -0.2) is 23.6 Å². The number of aromatic nitrogens is 2. The van der Waals surface area contributed by atoms with Gasteiger partial charge in [0.1, 0.15) is 12.1 Å². The van der Waals surface area contributed by atoms with Gasteiger partial charge in [-0.25, -0.2) is 9.97 Å².